The fourth-order valence-corrected chi connectivity index (χ4v) is 1.23. The van der Waals surface area contributed by atoms with E-state index in [4.69, 9.17) is 5.11 Å². The highest BCUT2D eigenvalue weighted by molar-refractivity contribution is 5.53. The molecule has 4 heteroatoms. The molecular formula is C10H11FO3. The number of carbonyl (C=O) groups excluding carboxylic acids is 1. The summed E-state index contributed by atoms with van der Waals surface area (Å²) in [6, 6.07) is 1.98. The van der Waals surface area contributed by atoms with Crippen molar-refractivity contribution in [1.29, 1.82) is 0 Å². The largest absolute Gasteiger partial charge is 0.508 e. The van der Waals surface area contributed by atoms with Crippen LogP contribution in [0.5, 0.6) is 11.5 Å². The van der Waals surface area contributed by atoms with E-state index in [9.17, 15) is 14.3 Å². The molecule has 0 amide bonds. The maximum Gasteiger partial charge on any atom is 0.168 e. The lowest BCUT2D eigenvalue weighted by Crippen LogP contribution is -1.95. The average molecular weight is 198 g/mol. The van der Waals surface area contributed by atoms with Crippen LogP contribution in [0, 0.1) is 5.82 Å². The fourth-order valence-electron chi connectivity index (χ4n) is 1.23. The van der Waals surface area contributed by atoms with E-state index < -0.39 is 11.6 Å². The molecule has 14 heavy (non-hydrogen) atoms. The molecule has 76 valence electrons. The van der Waals surface area contributed by atoms with Gasteiger partial charge in [-0.25, -0.2) is 4.39 Å². The Morgan fingerprint density at radius 1 is 1.43 bits per heavy atom. The number of hydrogen-bond donors (Lipinski definition) is 2. The van der Waals surface area contributed by atoms with Crippen molar-refractivity contribution in [2.45, 2.75) is 19.3 Å². The summed E-state index contributed by atoms with van der Waals surface area (Å²) in [4.78, 5) is 10.2. The van der Waals surface area contributed by atoms with Gasteiger partial charge in [0, 0.05) is 18.1 Å². The number of benzene rings is 1. The summed E-state index contributed by atoms with van der Waals surface area (Å²) in [6.07, 6.45) is 0.934. The summed E-state index contributed by atoms with van der Waals surface area (Å²) in [5.74, 6) is -1.87. The van der Waals surface area contributed by atoms with E-state index in [1.54, 1.807) is 6.92 Å². The van der Waals surface area contributed by atoms with Crippen LogP contribution in [-0.4, -0.2) is 16.5 Å². The lowest BCUT2D eigenvalue weighted by molar-refractivity contribution is -0.108. The first-order valence-electron chi connectivity index (χ1n) is 4.21. The van der Waals surface area contributed by atoms with Gasteiger partial charge < -0.3 is 15.0 Å². The molecule has 0 aliphatic carbocycles. The summed E-state index contributed by atoms with van der Waals surface area (Å²) < 4.78 is 12.7. The molecule has 0 heterocycles. The Morgan fingerprint density at radius 3 is 2.64 bits per heavy atom. The SMILES string of the molecule is CC(CC=O)c1cc(O)c(F)cc1O. The van der Waals surface area contributed by atoms with Crippen molar-refractivity contribution >= 4 is 6.29 Å². The maximum absolute atomic E-state index is 12.7. The van der Waals surface area contributed by atoms with E-state index >= 15 is 0 Å². The van der Waals surface area contributed by atoms with Crippen molar-refractivity contribution in [1.82, 2.24) is 0 Å². The van der Waals surface area contributed by atoms with Crippen LogP contribution >= 0.6 is 0 Å². The number of phenolic OH excluding ortho intramolecular Hbond substituents is 2. The molecule has 0 spiro atoms. The van der Waals surface area contributed by atoms with Gasteiger partial charge in [0.15, 0.2) is 11.6 Å². The second-order valence-electron chi connectivity index (χ2n) is 3.17. The number of rotatable bonds is 3. The van der Waals surface area contributed by atoms with Crippen LogP contribution in [0.15, 0.2) is 12.1 Å². The Balaban J connectivity index is 3.08. The highest BCUT2D eigenvalue weighted by Gasteiger charge is 2.13. The van der Waals surface area contributed by atoms with Crippen LogP contribution < -0.4 is 0 Å². The molecule has 1 aromatic rings. The van der Waals surface area contributed by atoms with Crippen molar-refractivity contribution in [3.63, 3.8) is 0 Å². The lowest BCUT2D eigenvalue weighted by atomic mass is 9.97. The first kappa shape index (κ1) is 10.5. The number of halogens is 1. The zero-order valence-electron chi connectivity index (χ0n) is 7.70. The summed E-state index contributed by atoms with van der Waals surface area (Å²) in [6.45, 7) is 1.71. The fraction of sp³-hybridized carbons (Fsp3) is 0.300. The van der Waals surface area contributed by atoms with Gasteiger partial charge in [-0.3, -0.25) is 0 Å². The Kier molecular flexibility index (Phi) is 3.06. The van der Waals surface area contributed by atoms with Crippen molar-refractivity contribution < 1.29 is 19.4 Å². The van der Waals surface area contributed by atoms with Crippen LogP contribution in [0.2, 0.25) is 0 Å². The Bertz CT molecular complexity index is 349. The number of aromatic hydroxyl groups is 2. The van der Waals surface area contributed by atoms with Gasteiger partial charge in [0.05, 0.1) is 0 Å². The van der Waals surface area contributed by atoms with E-state index in [2.05, 4.69) is 0 Å². The van der Waals surface area contributed by atoms with E-state index in [1.807, 2.05) is 0 Å². The van der Waals surface area contributed by atoms with Crippen molar-refractivity contribution in [2.75, 3.05) is 0 Å². The molecule has 2 N–H and O–H groups in total. The molecular weight excluding hydrogens is 187 g/mol. The minimum absolute atomic E-state index is 0.221. The van der Waals surface area contributed by atoms with Crippen LogP contribution in [0.4, 0.5) is 4.39 Å². The minimum Gasteiger partial charge on any atom is -0.508 e. The average Bonchev–Trinajstić information content (AvgIpc) is 2.11. The second-order valence-corrected chi connectivity index (χ2v) is 3.17. The minimum atomic E-state index is -0.871. The molecule has 0 bridgehead atoms. The molecule has 0 saturated carbocycles. The Morgan fingerprint density at radius 2 is 2.07 bits per heavy atom. The first-order valence-corrected chi connectivity index (χ1v) is 4.21. The quantitative estimate of drug-likeness (QED) is 0.576. The number of carbonyl (C=O) groups is 1. The number of aldehydes is 1. The zero-order chi connectivity index (χ0) is 10.7. The van der Waals surface area contributed by atoms with E-state index in [0.29, 0.717) is 11.8 Å². The number of phenols is 2. The van der Waals surface area contributed by atoms with E-state index in [1.165, 1.54) is 0 Å². The molecule has 1 rings (SSSR count). The van der Waals surface area contributed by atoms with Gasteiger partial charge in [0.25, 0.3) is 0 Å². The summed E-state index contributed by atoms with van der Waals surface area (Å²) in [5, 5.41) is 18.4. The van der Waals surface area contributed by atoms with Crippen LogP contribution in [0.1, 0.15) is 24.8 Å². The number of hydrogen-bond acceptors (Lipinski definition) is 3. The van der Waals surface area contributed by atoms with Crippen molar-refractivity contribution in [2.24, 2.45) is 0 Å². The van der Waals surface area contributed by atoms with Crippen molar-refractivity contribution in [3.05, 3.63) is 23.5 Å². The van der Waals surface area contributed by atoms with E-state index in [-0.39, 0.29) is 18.1 Å². The molecule has 0 saturated heterocycles. The molecule has 0 aliphatic heterocycles. The standard InChI is InChI=1S/C10H11FO3/c1-6(2-3-12)7-4-10(14)8(11)5-9(7)13/h3-6,13-14H,2H2,1H3. The van der Waals surface area contributed by atoms with E-state index in [0.717, 1.165) is 12.1 Å². The van der Waals surface area contributed by atoms with Gasteiger partial charge in [-0.15, -0.1) is 0 Å². The maximum atomic E-state index is 12.7. The molecule has 1 atom stereocenters. The van der Waals surface area contributed by atoms with Gasteiger partial charge in [-0.05, 0) is 12.0 Å². The van der Waals surface area contributed by atoms with Crippen LogP contribution in [0.3, 0.4) is 0 Å². The Hall–Kier alpha value is -1.58. The normalized spacial score (nSPS) is 12.4. The second kappa shape index (κ2) is 4.09. The topological polar surface area (TPSA) is 57.5 Å². The third-order valence-electron chi connectivity index (χ3n) is 2.08. The highest BCUT2D eigenvalue weighted by atomic mass is 19.1. The third-order valence-corrected chi connectivity index (χ3v) is 2.08. The zero-order valence-corrected chi connectivity index (χ0v) is 7.70. The summed E-state index contributed by atoms with van der Waals surface area (Å²) in [5.41, 5.74) is 0.371. The predicted octanol–water partition coefficient (Wildman–Crippen LogP) is 1.93. The molecule has 3 nitrogen and oxygen atoms in total. The highest BCUT2D eigenvalue weighted by Crippen LogP contribution is 2.32. The van der Waals surface area contributed by atoms with Gasteiger partial charge in [-0.2, -0.15) is 0 Å². The predicted molar refractivity (Wildman–Crippen MR) is 48.8 cm³/mol. The molecule has 0 fully saturated rings. The van der Waals surface area contributed by atoms with Gasteiger partial charge in [0.1, 0.15) is 12.0 Å². The molecule has 1 aromatic carbocycles. The first-order chi connectivity index (χ1) is 6.56. The molecule has 1 unspecified atom stereocenters. The Labute approximate surface area is 80.8 Å². The monoisotopic (exact) mass is 198 g/mol. The van der Waals surface area contributed by atoms with Gasteiger partial charge in [0.2, 0.25) is 0 Å². The van der Waals surface area contributed by atoms with Gasteiger partial charge in [-0.1, -0.05) is 6.92 Å². The van der Waals surface area contributed by atoms with Crippen LogP contribution in [0.25, 0.3) is 0 Å². The summed E-state index contributed by atoms with van der Waals surface area (Å²) in [7, 11) is 0. The summed E-state index contributed by atoms with van der Waals surface area (Å²) >= 11 is 0. The molecule has 0 aliphatic rings. The molecule has 0 aromatic heterocycles. The lowest BCUT2D eigenvalue weighted by Gasteiger charge is -2.11. The smallest absolute Gasteiger partial charge is 0.168 e. The molecule has 0 radical (unpaired) electrons. The third kappa shape index (κ3) is 2.02. The van der Waals surface area contributed by atoms with Crippen molar-refractivity contribution in [3.8, 4) is 11.5 Å². The van der Waals surface area contributed by atoms with Crippen LogP contribution in [-0.2, 0) is 4.79 Å². The van der Waals surface area contributed by atoms with Gasteiger partial charge >= 0.3 is 0 Å².